The molecule has 0 atom stereocenters. The molecule has 0 aliphatic rings. The predicted molar refractivity (Wildman–Crippen MR) is 97.7 cm³/mol. The maximum atomic E-state index is 4.71. The molecule has 0 saturated carbocycles. The molecule has 2 aromatic carbocycles. The largest absolute Gasteiger partial charge is 0.323 e. The van der Waals surface area contributed by atoms with E-state index in [1.807, 2.05) is 29.0 Å². The molecule has 5 rings (SSSR count). The first kappa shape index (κ1) is 14.3. The second-order valence-electron chi connectivity index (χ2n) is 5.95. The minimum absolute atomic E-state index is 0.582. The summed E-state index contributed by atoms with van der Waals surface area (Å²) in [5.74, 6) is 0.799. The fourth-order valence-electron chi connectivity index (χ4n) is 2.86. The average Bonchev–Trinajstić information content (AvgIpc) is 3.32. The van der Waals surface area contributed by atoms with E-state index in [4.69, 9.17) is 5.10 Å². The molecule has 0 saturated heterocycles. The van der Waals surface area contributed by atoms with Gasteiger partial charge in [0.1, 0.15) is 5.01 Å². The standard InChI is InChI=1S/C18H14N6S/c1-12-6-8-13(9-7-12)17-22-24-16(20-21-18(24)25-17)10-23-11-19-14-4-2-3-5-15(14)23/h2-9,11H,10H2,1H3. The first-order valence-electron chi connectivity index (χ1n) is 7.96. The summed E-state index contributed by atoms with van der Waals surface area (Å²) >= 11 is 1.55. The Morgan fingerprint density at radius 1 is 1.00 bits per heavy atom. The van der Waals surface area contributed by atoms with Gasteiger partial charge in [0.05, 0.1) is 23.9 Å². The Morgan fingerprint density at radius 2 is 1.84 bits per heavy atom. The van der Waals surface area contributed by atoms with Gasteiger partial charge in [-0.2, -0.15) is 9.61 Å². The molecule has 0 unspecified atom stereocenters. The first-order chi connectivity index (χ1) is 12.3. The maximum Gasteiger partial charge on any atom is 0.235 e. The lowest BCUT2D eigenvalue weighted by Crippen LogP contribution is -2.04. The van der Waals surface area contributed by atoms with Crippen molar-refractivity contribution >= 4 is 27.3 Å². The summed E-state index contributed by atoms with van der Waals surface area (Å²) in [4.78, 5) is 5.23. The molecule has 3 aromatic heterocycles. The minimum Gasteiger partial charge on any atom is -0.323 e. The van der Waals surface area contributed by atoms with Crippen LogP contribution in [0.4, 0.5) is 0 Å². The molecule has 0 amide bonds. The van der Waals surface area contributed by atoms with E-state index >= 15 is 0 Å². The molecule has 0 bridgehead atoms. The van der Waals surface area contributed by atoms with Gasteiger partial charge in [0, 0.05) is 5.56 Å². The van der Waals surface area contributed by atoms with Gasteiger partial charge >= 0.3 is 0 Å². The molecule has 3 heterocycles. The molecular formula is C18H14N6S. The molecule has 6 nitrogen and oxygen atoms in total. The molecule has 5 aromatic rings. The number of fused-ring (bicyclic) bond motifs is 2. The molecular weight excluding hydrogens is 332 g/mol. The number of para-hydroxylation sites is 2. The summed E-state index contributed by atoms with van der Waals surface area (Å²) in [6, 6.07) is 16.4. The second-order valence-corrected chi connectivity index (χ2v) is 6.90. The van der Waals surface area contributed by atoms with Crippen LogP contribution in [0.15, 0.2) is 54.9 Å². The Labute approximate surface area is 147 Å². The van der Waals surface area contributed by atoms with Gasteiger partial charge in [-0.1, -0.05) is 53.3 Å². The lowest BCUT2D eigenvalue weighted by Gasteiger charge is -2.01. The minimum atomic E-state index is 0.582. The van der Waals surface area contributed by atoms with Crippen molar-refractivity contribution in [3.8, 4) is 10.6 Å². The molecule has 0 aliphatic carbocycles. The Bertz CT molecular complexity index is 1180. The fourth-order valence-corrected chi connectivity index (χ4v) is 3.72. The monoisotopic (exact) mass is 346 g/mol. The second kappa shape index (κ2) is 5.49. The number of aryl methyl sites for hydroxylation is 1. The van der Waals surface area contributed by atoms with Crippen LogP contribution in [-0.2, 0) is 6.54 Å². The van der Waals surface area contributed by atoms with E-state index in [9.17, 15) is 0 Å². The van der Waals surface area contributed by atoms with Crippen molar-refractivity contribution in [3.05, 3.63) is 66.2 Å². The van der Waals surface area contributed by atoms with E-state index in [2.05, 4.69) is 57.0 Å². The van der Waals surface area contributed by atoms with Gasteiger partial charge in [-0.25, -0.2) is 4.98 Å². The van der Waals surface area contributed by atoms with E-state index in [1.54, 1.807) is 11.3 Å². The predicted octanol–water partition coefficient (Wildman–Crippen LogP) is 3.56. The maximum absolute atomic E-state index is 4.71. The van der Waals surface area contributed by atoms with Crippen molar-refractivity contribution in [2.45, 2.75) is 13.5 Å². The SMILES string of the molecule is Cc1ccc(-c2nn3c(Cn4cnc5ccccc54)nnc3s2)cc1. The zero-order chi connectivity index (χ0) is 16.8. The van der Waals surface area contributed by atoms with Crippen molar-refractivity contribution in [2.75, 3.05) is 0 Å². The Balaban J connectivity index is 1.55. The number of hydrogen-bond acceptors (Lipinski definition) is 5. The Hall–Kier alpha value is -3.06. The molecule has 0 N–H and O–H groups in total. The van der Waals surface area contributed by atoms with Crippen LogP contribution in [0.25, 0.3) is 26.6 Å². The molecule has 25 heavy (non-hydrogen) atoms. The van der Waals surface area contributed by atoms with Crippen LogP contribution in [0.3, 0.4) is 0 Å². The van der Waals surface area contributed by atoms with E-state index in [0.29, 0.717) is 6.54 Å². The van der Waals surface area contributed by atoms with Crippen molar-refractivity contribution < 1.29 is 0 Å². The van der Waals surface area contributed by atoms with Gasteiger partial charge in [-0.15, -0.1) is 10.2 Å². The zero-order valence-corrected chi connectivity index (χ0v) is 14.3. The number of rotatable bonds is 3. The highest BCUT2D eigenvalue weighted by atomic mass is 32.1. The van der Waals surface area contributed by atoms with Gasteiger partial charge in [0.25, 0.3) is 0 Å². The Morgan fingerprint density at radius 3 is 2.72 bits per heavy atom. The number of aromatic nitrogens is 6. The van der Waals surface area contributed by atoms with Gasteiger partial charge in [-0.05, 0) is 19.1 Å². The van der Waals surface area contributed by atoms with Crippen molar-refractivity contribution in [3.63, 3.8) is 0 Å². The number of nitrogens with zero attached hydrogens (tertiary/aromatic N) is 6. The van der Waals surface area contributed by atoms with Crippen LogP contribution < -0.4 is 0 Å². The molecule has 0 spiro atoms. The van der Waals surface area contributed by atoms with Crippen molar-refractivity contribution in [2.24, 2.45) is 0 Å². The normalized spacial score (nSPS) is 11.6. The highest BCUT2D eigenvalue weighted by Crippen LogP contribution is 2.26. The van der Waals surface area contributed by atoms with Gasteiger partial charge in [0.15, 0.2) is 5.82 Å². The quantitative estimate of drug-likeness (QED) is 0.501. The van der Waals surface area contributed by atoms with Crippen LogP contribution >= 0.6 is 11.3 Å². The summed E-state index contributed by atoms with van der Waals surface area (Å²) in [7, 11) is 0. The number of benzene rings is 2. The summed E-state index contributed by atoms with van der Waals surface area (Å²) in [6.07, 6.45) is 1.83. The lowest BCUT2D eigenvalue weighted by atomic mass is 10.2. The van der Waals surface area contributed by atoms with E-state index in [-0.39, 0.29) is 0 Å². The highest BCUT2D eigenvalue weighted by molar-refractivity contribution is 7.19. The molecule has 0 radical (unpaired) electrons. The summed E-state index contributed by atoms with van der Waals surface area (Å²) in [6.45, 7) is 2.66. The highest BCUT2D eigenvalue weighted by Gasteiger charge is 2.14. The van der Waals surface area contributed by atoms with Gasteiger partial charge in [-0.3, -0.25) is 0 Å². The first-order valence-corrected chi connectivity index (χ1v) is 8.77. The Kier molecular flexibility index (Phi) is 3.14. The van der Waals surface area contributed by atoms with Crippen LogP contribution in [0, 0.1) is 6.92 Å². The van der Waals surface area contributed by atoms with E-state index in [0.717, 1.165) is 32.4 Å². The third-order valence-corrected chi connectivity index (χ3v) is 5.14. The topological polar surface area (TPSA) is 60.9 Å². The van der Waals surface area contributed by atoms with Crippen LogP contribution in [0.1, 0.15) is 11.4 Å². The molecule has 0 aliphatic heterocycles. The fraction of sp³-hybridized carbons (Fsp3) is 0.111. The molecule has 7 heteroatoms. The average molecular weight is 346 g/mol. The third kappa shape index (κ3) is 2.40. The van der Waals surface area contributed by atoms with Crippen molar-refractivity contribution in [1.29, 1.82) is 0 Å². The lowest BCUT2D eigenvalue weighted by molar-refractivity contribution is 0.726. The summed E-state index contributed by atoms with van der Waals surface area (Å²) in [5, 5.41) is 14.2. The number of hydrogen-bond donors (Lipinski definition) is 0. The smallest absolute Gasteiger partial charge is 0.235 e. The third-order valence-electron chi connectivity index (χ3n) is 4.19. The van der Waals surface area contributed by atoms with Crippen molar-refractivity contribution in [1.82, 2.24) is 29.4 Å². The van der Waals surface area contributed by atoms with E-state index < -0.39 is 0 Å². The van der Waals surface area contributed by atoms with Gasteiger partial charge in [0.2, 0.25) is 4.96 Å². The summed E-state index contributed by atoms with van der Waals surface area (Å²) < 4.78 is 3.89. The molecule has 122 valence electrons. The molecule has 0 fully saturated rings. The zero-order valence-electron chi connectivity index (χ0n) is 13.5. The van der Waals surface area contributed by atoms with Gasteiger partial charge < -0.3 is 4.57 Å². The van der Waals surface area contributed by atoms with E-state index in [1.165, 1.54) is 5.56 Å². The van der Waals surface area contributed by atoms with Crippen LogP contribution in [0.5, 0.6) is 0 Å². The van der Waals surface area contributed by atoms with Crippen LogP contribution in [0.2, 0.25) is 0 Å². The number of imidazole rings is 1. The summed E-state index contributed by atoms with van der Waals surface area (Å²) in [5.41, 5.74) is 4.38. The van der Waals surface area contributed by atoms with Crippen LogP contribution in [-0.4, -0.2) is 29.4 Å².